The highest BCUT2D eigenvalue weighted by molar-refractivity contribution is 14.0. The first-order valence-corrected chi connectivity index (χ1v) is 8.72. The second kappa shape index (κ2) is 11.0. The Kier molecular flexibility index (Phi) is 10.6. The molecule has 0 fully saturated rings. The van der Waals surface area contributed by atoms with E-state index in [1.165, 1.54) is 12.1 Å². The molecule has 7 heteroatoms. The van der Waals surface area contributed by atoms with Gasteiger partial charge in [-0.2, -0.15) is 0 Å². The van der Waals surface area contributed by atoms with Crippen molar-refractivity contribution in [1.82, 2.24) is 10.6 Å². The summed E-state index contributed by atoms with van der Waals surface area (Å²) in [5.41, 5.74) is 1.07. The standard InChI is InChI=1S/C16H26FN3OS.HI/c1-16(2,3)22(21)12-11-20-15(18-4)19-10-9-13-5-7-14(17)8-6-13;/h5-8H,9-12H2,1-4H3,(H2,18,19,20);1H. The summed E-state index contributed by atoms with van der Waals surface area (Å²) < 4.78 is 24.6. The van der Waals surface area contributed by atoms with Crippen LogP contribution in [0.3, 0.4) is 0 Å². The van der Waals surface area contributed by atoms with E-state index in [0.717, 1.165) is 12.0 Å². The number of hydrogen-bond donors (Lipinski definition) is 2. The van der Waals surface area contributed by atoms with Crippen molar-refractivity contribution >= 4 is 40.7 Å². The number of rotatable bonds is 6. The van der Waals surface area contributed by atoms with Crippen LogP contribution in [0.25, 0.3) is 0 Å². The van der Waals surface area contributed by atoms with Crippen LogP contribution in [0.4, 0.5) is 4.39 Å². The minimum Gasteiger partial charge on any atom is -0.356 e. The Morgan fingerprint density at radius 1 is 1.17 bits per heavy atom. The van der Waals surface area contributed by atoms with Gasteiger partial charge in [-0.3, -0.25) is 9.20 Å². The van der Waals surface area contributed by atoms with E-state index >= 15 is 0 Å². The molecule has 0 aliphatic rings. The average Bonchev–Trinajstić information content (AvgIpc) is 2.46. The Balaban J connectivity index is 0.00000484. The molecule has 0 heterocycles. The molecule has 1 unspecified atom stereocenters. The first-order chi connectivity index (χ1) is 10.3. The van der Waals surface area contributed by atoms with Crippen LogP contribution in [0.2, 0.25) is 0 Å². The van der Waals surface area contributed by atoms with Gasteiger partial charge in [0.2, 0.25) is 0 Å². The van der Waals surface area contributed by atoms with Crippen LogP contribution in [-0.2, 0) is 17.2 Å². The summed E-state index contributed by atoms with van der Waals surface area (Å²) in [6, 6.07) is 6.48. The molecule has 0 radical (unpaired) electrons. The van der Waals surface area contributed by atoms with Gasteiger partial charge in [0, 0.05) is 41.4 Å². The van der Waals surface area contributed by atoms with Crippen molar-refractivity contribution in [2.24, 2.45) is 4.99 Å². The lowest BCUT2D eigenvalue weighted by molar-refractivity contribution is 0.626. The molecule has 132 valence electrons. The molecule has 2 N–H and O–H groups in total. The molecule has 0 spiro atoms. The second-order valence-corrected chi connectivity index (χ2v) is 8.29. The van der Waals surface area contributed by atoms with Crippen LogP contribution >= 0.6 is 24.0 Å². The fourth-order valence-corrected chi connectivity index (χ4v) is 2.67. The van der Waals surface area contributed by atoms with E-state index in [1.54, 1.807) is 19.2 Å². The number of guanidine groups is 1. The molecule has 1 atom stereocenters. The Morgan fingerprint density at radius 3 is 2.26 bits per heavy atom. The lowest BCUT2D eigenvalue weighted by Gasteiger charge is -2.18. The van der Waals surface area contributed by atoms with E-state index in [-0.39, 0.29) is 34.5 Å². The topological polar surface area (TPSA) is 53.5 Å². The van der Waals surface area contributed by atoms with Crippen LogP contribution < -0.4 is 10.6 Å². The highest BCUT2D eigenvalue weighted by Crippen LogP contribution is 2.10. The maximum Gasteiger partial charge on any atom is 0.191 e. The van der Waals surface area contributed by atoms with Crippen molar-refractivity contribution < 1.29 is 8.60 Å². The maximum atomic E-state index is 12.8. The normalized spacial score (nSPS) is 13.2. The van der Waals surface area contributed by atoms with Gasteiger partial charge in [0.25, 0.3) is 0 Å². The summed E-state index contributed by atoms with van der Waals surface area (Å²) in [5.74, 6) is 1.05. The number of halogens is 2. The van der Waals surface area contributed by atoms with E-state index in [9.17, 15) is 8.60 Å². The van der Waals surface area contributed by atoms with E-state index in [2.05, 4.69) is 15.6 Å². The first kappa shape index (κ1) is 22.3. The molecule has 23 heavy (non-hydrogen) atoms. The van der Waals surface area contributed by atoms with E-state index in [4.69, 9.17) is 0 Å². The van der Waals surface area contributed by atoms with Crippen molar-refractivity contribution in [2.75, 3.05) is 25.9 Å². The zero-order chi connectivity index (χ0) is 16.6. The second-order valence-electron chi connectivity index (χ2n) is 5.96. The van der Waals surface area contributed by atoms with Crippen LogP contribution in [0.1, 0.15) is 26.3 Å². The third kappa shape index (κ3) is 9.24. The molecule has 1 aromatic carbocycles. The van der Waals surface area contributed by atoms with Crippen LogP contribution in [0.5, 0.6) is 0 Å². The van der Waals surface area contributed by atoms with Crippen LogP contribution in [0.15, 0.2) is 29.3 Å². The van der Waals surface area contributed by atoms with Crippen molar-refractivity contribution in [3.8, 4) is 0 Å². The molecule has 4 nitrogen and oxygen atoms in total. The minimum absolute atomic E-state index is 0. The van der Waals surface area contributed by atoms with Crippen LogP contribution in [-0.4, -0.2) is 40.8 Å². The van der Waals surface area contributed by atoms with E-state index < -0.39 is 10.8 Å². The van der Waals surface area contributed by atoms with Crippen molar-refractivity contribution in [1.29, 1.82) is 0 Å². The molecule has 1 aromatic rings. The summed E-state index contributed by atoms with van der Waals surface area (Å²) in [6.45, 7) is 7.23. The number of nitrogens with one attached hydrogen (secondary N) is 2. The van der Waals surface area contributed by atoms with Gasteiger partial charge in [0.05, 0.1) is 0 Å². The summed E-state index contributed by atoms with van der Waals surface area (Å²) in [7, 11) is 0.828. The highest BCUT2D eigenvalue weighted by Gasteiger charge is 2.18. The van der Waals surface area contributed by atoms with Crippen LogP contribution in [0, 0.1) is 5.82 Å². The van der Waals surface area contributed by atoms with Gasteiger partial charge in [0.1, 0.15) is 5.82 Å². The fourth-order valence-electron chi connectivity index (χ4n) is 1.77. The zero-order valence-electron chi connectivity index (χ0n) is 14.2. The number of nitrogens with zero attached hydrogens (tertiary/aromatic N) is 1. The summed E-state index contributed by atoms with van der Waals surface area (Å²) in [6.07, 6.45) is 0.787. The van der Waals surface area contributed by atoms with Gasteiger partial charge in [-0.25, -0.2) is 4.39 Å². The SMILES string of the molecule is CN=C(NCCc1ccc(F)cc1)NCCS(=O)C(C)(C)C.I. The molecular weight excluding hydrogens is 428 g/mol. The fraction of sp³-hybridized carbons (Fsp3) is 0.562. The monoisotopic (exact) mass is 455 g/mol. The summed E-state index contributed by atoms with van der Waals surface area (Å²) in [5, 5.41) is 6.34. The Labute approximate surface area is 158 Å². The first-order valence-electron chi connectivity index (χ1n) is 7.40. The molecular formula is C16H27FIN3OS. The maximum absolute atomic E-state index is 12.8. The summed E-state index contributed by atoms with van der Waals surface area (Å²) >= 11 is 0. The molecule has 0 bridgehead atoms. The molecule has 0 amide bonds. The highest BCUT2D eigenvalue weighted by atomic mass is 127. The Bertz CT molecular complexity index is 515. The van der Waals surface area contributed by atoms with Gasteiger partial charge in [-0.1, -0.05) is 12.1 Å². The molecule has 0 aliphatic heterocycles. The quantitative estimate of drug-likeness (QED) is 0.394. The lowest BCUT2D eigenvalue weighted by Crippen LogP contribution is -2.41. The lowest BCUT2D eigenvalue weighted by atomic mass is 10.1. The predicted octanol–water partition coefficient (Wildman–Crippen LogP) is 2.70. The zero-order valence-corrected chi connectivity index (χ0v) is 17.3. The van der Waals surface area contributed by atoms with Crippen molar-refractivity contribution in [2.45, 2.75) is 31.9 Å². The van der Waals surface area contributed by atoms with E-state index in [0.29, 0.717) is 24.8 Å². The molecule has 0 saturated heterocycles. The van der Waals surface area contributed by atoms with E-state index in [1.807, 2.05) is 20.8 Å². The van der Waals surface area contributed by atoms with Gasteiger partial charge < -0.3 is 10.6 Å². The van der Waals surface area contributed by atoms with Crippen molar-refractivity contribution in [3.05, 3.63) is 35.6 Å². The largest absolute Gasteiger partial charge is 0.356 e. The molecule has 1 rings (SSSR count). The Morgan fingerprint density at radius 2 is 1.74 bits per heavy atom. The van der Waals surface area contributed by atoms with Gasteiger partial charge >= 0.3 is 0 Å². The minimum atomic E-state index is -0.874. The molecule has 0 saturated carbocycles. The van der Waals surface area contributed by atoms with Gasteiger partial charge in [-0.05, 0) is 44.9 Å². The Hall–Kier alpha value is -0.700. The average molecular weight is 455 g/mol. The molecule has 0 aromatic heterocycles. The predicted molar refractivity (Wildman–Crippen MR) is 108 cm³/mol. The number of benzene rings is 1. The van der Waals surface area contributed by atoms with Gasteiger partial charge in [0.15, 0.2) is 5.96 Å². The smallest absolute Gasteiger partial charge is 0.191 e. The molecule has 0 aliphatic carbocycles. The third-order valence-electron chi connectivity index (χ3n) is 3.11. The summed E-state index contributed by atoms with van der Waals surface area (Å²) in [4.78, 5) is 4.13. The van der Waals surface area contributed by atoms with Gasteiger partial charge in [-0.15, -0.1) is 24.0 Å². The number of hydrogen-bond acceptors (Lipinski definition) is 2. The number of aliphatic imine (C=N–C) groups is 1. The van der Waals surface area contributed by atoms with Crippen molar-refractivity contribution in [3.63, 3.8) is 0 Å². The third-order valence-corrected chi connectivity index (χ3v) is 5.05.